The van der Waals surface area contributed by atoms with Crippen LogP contribution < -0.4 is 0 Å². The topological polar surface area (TPSA) is 0 Å². The standard InChI is InChI=1S/C13H17Cl/c1-10-6-4-8-13(12(10)3)11(2)7-5-9-14/h4,6-8H,5,9H2,1-3H3/b11-7+. The lowest BCUT2D eigenvalue weighted by molar-refractivity contribution is 1.22. The van der Waals surface area contributed by atoms with E-state index in [0.29, 0.717) is 5.88 Å². The van der Waals surface area contributed by atoms with Crippen molar-refractivity contribution in [2.75, 3.05) is 5.88 Å². The zero-order valence-corrected chi connectivity index (χ0v) is 9.86. The van der Waals surface area contributed by atoms with Crippen LogP contribution in [0.25, 0.3) is 5.57 Å². The Balaban J connectivity index is 3.01. The minimum atomic E-state index is 0.697. The lowest BCUT2D eigenvalue weighted by Gasteiger charge is -2.08. The molecule has 0 heterocycles. The van der Waals surface area contributed by atoms with E-state index >= 15 is 0 Å². The molecule has 0 bridgehead atoms. The van der Waals surface area contributed by atoms with Gasteiger partial charge in [-0.2, -0.15) is 0 Å². The van der Waals surface area contributed by atoms with Gasteiger partial charge < -0.3 is 0 Å². The average molecular weight is 209 g/mol. The van der Waals surface area contributed by atoms with E-state index in [4.69, 9.17) is 11.6 Å². The number of alkyl halides is 1. The van der Waals surface area contributed by atoms with Crippen LogP contribution in [-0.2, 0) is 0 Å². The van der Waals surface area contributed by atoms with Gasteiger partial charge in [0, 0.05) is 5.88 Å². The normalized spacial score (nSPS) is 11.9. The van der Waals surface area contributed by atoms with Crippen LogP contribution in [0, 0.1) is 13.8 Å². The van der Waals surface area contributed by atoms with Gasteiger partial charge in [0.15, 0.2) is 0 Å². The Morgan fingerprint density at radius 1 is 1.36 bits per heavy atom. The maximum atomic E-state index is 5.66. The van der Waals surface area contributed by atoms with E-state index in [-0.39, 0.29) is 0 Å². The molecule has 0 atom stereocenters. The van der Waals surface area contributed by atoms with E-state index in [9.17, 15) is 0 Å². The third-order valence-corrected chi connectivity index (χ3v) is 2.81. The summed E-state index contributed by atoms with van der Waals surface area (Å²) in [6, 6.07) is 6.42. The highest BCUT2D eigenvalue weighted by molar-refractivity contribution is 6.17. The van der Waals surface area contributed by atoms with Crippen LogP contribution in [0.3, 0.4) is 0 Å². The van der Waals surface area contributed by atoms with Crippen LogP contribution in [-0.4, -0.2) is 5.88 Å². The molecule has 0 N–H and O–H groups in total. The molecule has 0 nitrogen and oxygen atoms in total. The van der Waals surface area contributed by atoms with Gasteiger partial charge in [-0.1, -0.05) is 24.3 Å². The summed E-state index contributed by atoms with van der Waals surface area (Å²) < 4.78 is 0. The minimum Gasteiger partial charge on any atom is -0.126 e. The highest BCUT2D eigenvalue weighted by Gasteiger charge is 2.01. The second-order valence-electron chi connectivity index (χ2n) is 3.61. The van der Waals surface area contributed by atoms with Crippen LogP contribution in [0.2, 0.25) is 0 Å². The summed E-state index contributed by atoms with van der Waals surface area (Å²) >= 11 is 5.66. The van der Waals surface area contributed by atoms with Crippen LogP contribution in [0.5, 0.6) is 0 Å². The zero-order chi connectivity index (χ0) is 10.6. The summed E-state index contributed by atoms with van der Waals surface area (Å²) in [6.45, 7) is 6.46. The Bertz CT molecular complexity index is 337. The Labute approximate surface area is 91.6 Å². The van der Waals surface area contributed by atoms with Crippen molar-refractivity contribution in [3.05, 3.63) is 41.0 Å². The lowest BCUT2D eigenvalue weighted by atomic mass is 9.97. The first-order valence-corrected chi connectivity index (χ1v) is 5.49. The smallest absolute Gasteiger partial charge is 0.0258 e. The predicted molar refractivity (Wildman–Crippen MR) is 64.9 cm³/mol. The monoisotopic (exact) mass is 208 g/mol. The van der Waals surface area contributed by atoms with E-state index in [1.54, 1.807) is 0 Å². The lowest BCUT2D eigenvalue weighted by Crippen LogP contribution is -1.89. The molecule has 0 aliphatic carbocycles. The molecule has 76 valence electrons. The third kappa shape index (κ3) is 2.62. The molecule has 0 fully saturated rings. The molecule has 1 heteroatoms. The van der Waals surface area contributed by atoms with Gasteiger partial charge in [0.2, 0.25) is 0 Å². The summed E-state index contributed by atoms with van der Waals surface area (Å²) in [5, 5.41) is 0. The molecule has 1 aromatic carbocycles. The van der Waals surface area contributed by atoms with Gasteiger partial charge in [-0.25, -0.2) is 0 Å². The molecule has 1 rings (SSSR count). The third-order valence-electron chi connectivity index (χ3n) is 2.59. The Kier molecular flexibility index (Phi) is 4.21. The highest BCUT2D eigenvalue weighted by Crippen LogP contribution is 2.21. The molecular weight excluding hydrogens is 192 g/mol. The first-order valence-electron chi connectivity index (χ1n) is 4.96. The Morgan fingerprint density at radius 2 is 2.07 bits per heavy atom. The molecule has 1 aromatic rings. The summed E-state index contributed by atoms with van der Waals surface area (Å²) in [5.41, 5.74) is 5.39. The summed E-state index contributed by atoms with van der Waals surface area (Å²) in [4.78, 5) is 0. The molecule has 0 spiro atoms. The summed E-state index contributed by atoms with van der Waals surface area (Å²) in [6.07, 6.45) is 3.15. The quantitative estimate of drug-likeness (QED) is 0.649. The van der Waals surface area contributed by atoms with E-state index in [0.717, 1.165) is 6.42 Å². The molecule has 0 radical (unpaired) electrons. The number of allylic oxidation sites excluding steroid dienone is 2. The second kappa shape index (κ2) is 5.21. The van der Waals surface area contributed by atoms with E-state index < -0.39 is 0 Å². The van der Waals surface area contributed by atoms with Crippen molar-refractivity contribution in [2.45, 2.75) is 27.2 Å². The average Bonchev–Trinajstić information content (AvgIpc) is 2.18. The fraction of sp³-hybridized carbons (Fsp3) is 0.385. The number of benzene rings is 1. The number of halogens is 1. The van der Waals surface area contributed by atoms with Crippen molar-refractivity contribution in [2.24, 2.45) is 0 Å². The summed E-state index contributed by atoms with van der Waals surface area (Å²) in [7, 11) is 0. The van der Waals surface area contributed by atoms with Crippen molar-refractivity contribution < 1.29 is 0 Å². The number of rotatable bonds is 3. The first-order chi connectivity index (χ1) is 6.66. The van der Waals surface area contributed by atoms with Crippen LogP contribution in [0.4, 0.5) is 0 Å². The van der Waals surface area contributed by atoms with Crippen LogP contribution in [0.1, 0.15) is 30.0 Å². The number of hydrogen-bond acceptors (Lipinski definition) is 0. The minimum absolute atomic E-state index is 0.697. The van der Waals surface area contributed by atoms with Crippen LogP contribution in [0.15, 0.2) is 24.3 Å². The van der Waals surface area contributed by atoms with Crippen molar-refractivity contribution in [1.82, 2.24) is 0 Å². The first kappa shape index (κ1) is 11.3. The Morgan fingerprint density at radius 3 is 2.71 bits per heavy atom. The Hall–Kier alpha value is -0.750. The SMILES string of the molecule is C/C(=C\CCCl)c1cccc(C)c1C. The van der Waals surface area contributed by atoms with Crippen molar-refractivity contribution in [3.63, 3.8) is 0 Å². The molecule has 0 unspecified atom stereocenters. The van der Waals surface area contributed by atoms with Crippen molar-refractivity contribution in [1.29, 1.82) is 0 Å². The molecule has 0 amide bonds. The highest BCUT2D eigenvalue weighted by atomic mass is 35.5. The maximum Gasteiger partial charge on any atom is 0.0258 e. The molecule has 0 aliphatic rings. The number of hydrogen-bond donors (Lipinski definition) is 0. The molecule has 0 aromatic heterocycles. The van der Waals surface area contributed by atoms with Gasteiger partial charge in [-0.3, -0.25) is 0 Å². The second-order valence-corrected chi connectivity index (χ2v) is 3.99. The van der Waals surface area contributed by atoms with Gasteiger partial charge in [-0.05, 0) is 49.5 Å². The largest absolute Gasteiger partial charge is 0.126 e. The molecular formula is C13H17Cl. The fourth-order valence-electron chi connectivity index (χ4n) is 1.56. The van der Waals surface area contributed by atoms with Gasteiger partial charge >= 0.3 is 0 Å². The van der Waals surface area contributed by atoms with E-state index in [1.807, 2.05) is 0 Å². The van der Waals surface area contributed by atoms with Gasteiger partial charge in [0.1, 0.15) is 0 Å². The van der Waals surface area contributed by atoms with Gasteiger partial charge in [0.25, 0.3) is 0 Å². The molecule has 0 saturated heterocycles. The van der Waals surface area contributed by atoms with Gasteiger partial charge in [-0.15, -0.1) is 11.6 Å². The molecule has 0 saturated carbocycles. The van der Waals surface area contributed by atoms with Gasteiger partial charge in [0.05, 0.1) is 0 Å². The fourth-order valence-corrected chi connectivity index (χ4v) is 1.67. The zero-order valence-electron chi connectivity index (χ0n) is 9.10. The summed E-state index contributed by atoms with van der Waals surface area (Å²) in [5.74, 6) is 0.697. The predicted octanol–water partition coefficient (Wildman–Crippen LogP) is 4.34. The van der Waals surface area contributed by atoms with E-state index in [1.165, 1.54) is 22.3 Å². The van der Waals surface area contributed by atoms with Crippen molar-refractivity contribution in [3.8, 4) is 0 Å². The molecule has 0 aliphatic heterocycles. The number of aryl methyl sites for hydroxylation is 1. The maximum absolute atomic E-state index is 5.66. The van der Waals surface area contributed by atoms with E-state index in [2.05, 4.69) is 45.0 Å². The van der Waals surface area contributed by atoms with Crippen LogP contribution >= 0.6 is 11.6 Å². The van der Waals surface area contributed by atoms with Crippen molar-refractivity contribution >= 4 is 17.2 Å². The molecule has 14 heavy (non-hydrogen) atoms.